The normalized spacial score (nSPS) is 11.4. The van der Waals surface area contributed by atoms with Gasteiger partial charge in [0.05, 0.1) is 12.5 Å². The van der Waals surface area contributed by atoms with Crippen molar-refractivity contribution < 1.29 is 9.18 Å². The van der Waals surface area contributed by atoms with Gasteiger partial charge in [0.15, 0.2) is 0 Å². The lowest BCUT2D eigenvalue weighted by Gasteiger charge is -2.23. The predicted octanol–water partition coefficient (Wildman–Crippen LogP) is 2.59. The lowest BCUT2D eigenvalue weighted by Crippen LogP contribution is -2.38. The first-order valence-electron chi connectivity index (χ1n) is 5.21. The summed E-state index contributed by atoms with van der Waals surface area (Å²) in [7, 11) is 1.61. The van der Waals surface area contributed by atoms with Crippen LogP contribution in [0.15, 0.2) is 24.3 Å². The zero-order chi connectivity index (χ0) is 12.8. The number of urea groups is 1. The molecule has 1 rings (SSSR count). The molecule has 4 nitrogen and oxygen atoms in total. The Morgan fingerprint density at radius 1 is 1.53 bits per heavy atom. The fourth-order valence-corrected chi connectivity index (χ4v) is 1.21. The third kappa shape index (κ3) is 3.76. The molecule has 0 spiro atoms. The van der Waals surface area contributed by atoms with Gasteiger partial charge in [0, 0.05) is 18.8 Å². The molecular weight excluding hydrogens is 221 g/mol. The highest BCUT2D eigenvalue weighted by Crippen LogP contribution is 2.10. The van der Waals surface area contributed by atoms with Crippen molar-refractivity contribution in [3.8, 4) is 6.07 Å². The van der Waals surface area contributed by atoms with E-state index in [-0.39, 0.29) is 24.3 Å². The zero-order valence-corrected chi connectivity index (χ0v) is 9.77. The van der Waals surface area contributed by atoms with Crippen molar-refractivity contribution >= 4 is 11.7 Å². The molecule has 90 valence electrons. The standard InChI is InChI=1S/C12H14FN3O/c1-9(7-8-14)16(2)12(17)15-11-5-3-10(13)4-6-11/h3-6,9H,7H2,1-2H3,(H,15,17). The Bertz CT molecular complexity index is 424. The number of amides is 2. The maximum atomic E-state index is 12.7. The van der Waals surface area contributed by atoms with Crippen LogP contribution in [0.3, 0.4) is 0 Å². The molecule has 1 aromatic rings. The van der Waals surface area contributed by atoms with E-state index in [1.165, 1.54) is 29.2 Å². The molecule has 0 radical (unpaired) electrons. The summed E-state index contributed by atoms with van der Waals surface area (Å²) in [4.78, 5) is 13.2. The maximum Gasteiger partial charge on any atom is 0.321 e. The van der Waals surface area contributed by atoms with E-state index in [1.807, 2.05) is 6.07 Å². The highest BCUT2D eigenvalue weighted by molar-refractivity contribution is 5.89. The summed E-state index contributed by atoms with van der Waals surface area (Å²) in [6, 6.07) is 7.03. The average molecular weight is 235 g/mol. The largest absolute Gasteiger partial charge is 0.324 e. The van der Waals surface area contributed by atoms with Gasteiger partial charge in [-0.15, -0.1) is 0 Å². The van der Waals surface area contributed by atoms with Crippen LogP contribution in [0.25, 0.3) is 0 Å². The molecule has 0 saturated carbocycles. The van der Waals surface area contributed by atoms with Gasteiger partial charge < -0.3 is 10.2 Å². The smallest absolute Gasteiger partial charge is 0.321 e. The number of nitrogens with zero attached hydrogens (tertiary/aromatic N) is 2. The Kier molecular flexibility index (Phi) is 4.46. The van der Waals surface area contributed by atoms with Gasteiger partial charge >= 0.3 is 6.03 Å². The maximum absolute atomic E-state index is 12.7. The van der Waals surface area contributed by atoms with Crippen molar-refractivity contribution in [3.63, 3.8) is 0 Å². The minimum absolute atomic E-state index is 0.166. The summed E-state index contributed by atoms with van der Waals surface area (Å²) >= 11 is 0. The molecule has 5 heteroatoms. The van der Waals surface area contributed by atoms with E-state index in [0.717, 1.165) is 0 Å². The van der Waals surface area contributed by atoms with Gasteiger partial charge in [-0.25, -0.2) is 9.18 Å². The van der Waals surface area contributed by atoms with Crippen molar-refractivity contribution in [2.75, 3.05) is 12.4 Å². The molecule has 0 fully saturated rings. The van der Waals surface area contributed by atoms with Crippen molar-refractivity contribution in [3.05, 3.63) is 30.1 Å². The Morgan fingerprint density at radius 2 is 2.12 bits per heavy atom. The minimum Gasteiger partial charge on any atom is -0.324 e. The van der Waals surface area contributed by atoms with Crippen molar-refractivity contribution in [1.29, 1.82) is 5.26 Å². The lowest BCUT2D eigenvalue weighted by atomic mass is 10.2. The van der Waals surface area contributed by atoms with Crippen LogP contribution in [0.1, 0.15) is 13.3 Å². The fourth-order valence-electron chi connectivity index (χ4n) is 1.21. The van der Waals surface area contributed by atoms with E-state index in [9.17, 15) is 9.18 Å². The molecule has 1 aromatic carbocycles. The number of anilines is 1. The van der Waals surface area contributed by atoms with Gasteiger partial charge in [-0.3, -0.25) is 0 Å². The van der Waals surface area contributed by atoms with Crippen LogP contribution in [0.4, 0.5) is 14.9 Å². The number of nitriles is 1. The average Bonchev–Trinajstić information content (AvgIpc) is 2.31. The van der Waals surface area contributed by atoms with Gasteiger partial charge in [-0.2, -0.15) is 5.26 Å². The summed E-state index contributed by atoms with van der Waals surface area (Å²) in [6.45, 7) is 1.79. The van der Waals surface area contributed by atoms with E-state index in [1.54, 1.807) is 14.0 Å². The van der Waals surface area contributed by atoms with E-state index >= 15 is 0 Å². The third-order valence-electron chi connectivity index (χ3n) is 2.46. The molecule has 0 aliphatic carbocycles. The number of nitrogens with one attached hydrogen (secondary N) is 1. The van der Waals surface area contributed by atoms with E-state index in [4.69, 9.17) is 5.26 Å². The highest BCUT2D eigenvalue weighted by Gasteiger charge is 2.15. The van der Waals surface area contributed by atoms with Crippen LogP contribution < -0.4 is 5.32 Å². The van der Waals surface area contributed by atoms with Gasteiger partial charge in [0.2, 0.25) is 0 Å². The second-order valence-corrected chi connectivity index (χ2v) is 3.76. The van der Waals surface area contributed by atoms with E-state index in [2.05, 4.69) is 5.32 Å². The summed E-state index contributed by atoms with van der Waals surface area (Å²) in [5.74, 6) is -0.353. The van der Waals surface area contributed by atoms with Crippen LogP contribution in [0.5, 0.6) is 0 Å². The lowest BCUT2D eigenvalue weighted by molar-refractivity contribution is 0.208. The van der Waals surface area contributed by atoms with Gasteiger partial charge in [-0.1, -0.05) is 0 Å². The van der Waals surface area contributed by atoms with Crippen molar-refractivity contribution in [1.82, 2.24) is 4.90 Å². The molecule has 17 heavy (non-hydrogen) atoms. The molecule has 0 aromatic heterocycles. The molecule has 2 amide bonds. The number of carbonyl (C=O) groups is 1. The molecular formula is C12H14FN3O. The molecule has 0 heterocycles. The number of halogens is 1. The Morgan fingerprint density at radius 3 is 2.65 bits per heavy atom. The number of carbonyl (C=O) groups excluding carboxylic acids is 1. The third-order valence-corrected chi connectivity index (χ3v) is 2.46. The zero-order valence-electron chi connectivity index (χ0n) is 9.77. The van der Waals surface area contributed by atoms with Gasteiger partial charge in [-0.05, 0) is 31.2 Å². The number of hydrogen-bond donors (Lipinski definition) is 1. The van der Waals surface area contributed by atoms with Crippen LogP contribution in [0, 0.1) is 17.1 Å². The van der Waals surface area contributed by atoms with Crippen LogP contribution >= 0.6 is 0 Å². The summed E-state index contributed by atoms with van der Waals surface area (Å²) in [6.07, 6.45) is 0.271. The summed E-state index contributed by atoms with van der Waals surface area (Å²) < 4.78 is 12.7. The SMILES string of the molecule is CC(CC#N)N(C)C(=O)Nc1ccc(F)cc1. The van der Waals surface area contributed by atoms with Crippen LogP contribution in [-0.2, 0) is 0 Å². The first-order chi connectivity index (χ1) is 8.04. The quantitative estimate of drug-likeness (QED) is 0.875. The Hall–Kier alpha value is -2.09. The first-order valence-corrected chi connectivity index (χ1v) is 5.21. The van der Waals surface area contributed by atoms with Crippen LogP contribution in [-0.4, -0.2) is 24.0 Å². The summed E-state index contributed by atoms with van der Waals surface area (Å²) in [5.41, 5.74) is 0.521. The predicted molar refractivity (Wildman–Crippen MR) is 62.9 cm³/mol. The van der Waals surface area contributed by atoms with Gasteiger partial charge in [0.25, 0.3) is 0 Å². The number of rotatable bonds is 3. The number of benzene rings is 1. The molecule has 1 N–H and O–H groups in total. The Labute approximate surface area is 99.7 Å². The fraction of sp³-hybridized carbons (Fsp3) is 0.333. The molecule has 0 saturated heterocycles. The summed E-state index contributed by atoms with van der Waals surface area (Å²) in [5, 5.41) is 11.2. The monoisotopic (exact) mass is 235 g/mol. The van der Waals surface area contributed by atoms with Gasteiger partial charge in [0.1, 0.15) is 5.82 Å². The molecule has 0 aliphatic rings. The van der Waals surface area contributed by atoms with E-state index < -0.39 is 0 Å². The second-order valence-electron chi connectivity index (χ2n) is 3.76. The molecule has 0 aliphatic heterocycles. The number of hydrogen-bond acceptors (Lipinski definition) is 2. The first kappa shape index (κ1) is 13.0. The Balaban J connectivity index is 2.60. The topological polar surface area (TPSA) is 56.1 Å². The van der Waals surface area contributed by atoms with E-state index in [0.29, 0.717) is 5.69 Å². The second kappa shape index (κ2) is 5.85. The molecule has 0 bridgehead atoms. The van der Waals surface area contributed by atoms with Crippen molar-refractivity contribution in [2.45, 2.75) is 19.4 Å². The van der Waals surface area contributed by atoms with Crippen molar-refractivity contribution in [2.24, 2.45) is 0 Å². The molecule has 1 atom stereocenters. The highest BCUT2D eigenvalue weighted by atomic mass is 19.1. The molecule has 1 unspecified atom stereocenters. The van der Waals surface area contributed by atoms with Crippen LogP contribution in [0.2, 0.25) is 0 Å². The minimum atomic E-state index is -0.353.